The summed E-state index contributed by atoms with van der Waals surface area (Å²) in [7, 11) is -21.2. The molecule has 5 aromatic rings. The number of nitrogens with one attached hydrogen (secondary N) is 1. The zero-order chi connectivity index (χ0) is 51.2. The van der Waals surface area contributed by atoms with E-state index in [9.17, 15) is 63.2 Å². The molecule has 0 radical (unpaired) electrons. The van der Waals surface area contributed by atoms with Crippen LogP contribution in [0.4, 0.5) is 11.9 Å². The SMILES string of the molecule is Nc1nc([O-])c2c(n1)[n+]([C@@H]1O[C@H](COP(=O)(O)OP(=O)(O)O)[C@@H](O)[C@H]1O)cn2CC1=CC=C(c2ccccc2)CC1=O.Nc1nc2c(ncn2[C@@H]2O[C@H](COP(=O)(O)OP(=O)(O)O)[C@@H](O)[C@H]2O)c(=O)[nH]1. The Bertz CT molecular complexity index is 3120. The molecule has 37 heteroatoms. The van der Waals surface area contributed by atoms with Gasteiger partial charge >= 0.3 is 36.9 Å². The third-order valence-electron chi connectivity index (χ3n) is 10.2. The number of hydrogen-bond donors (Lipinski definition) is 13. The number of benzene rings is 1. The van der Waals surface area contributed by atoms with Crippen molar-refractivity contribution >= 4 is 76.9 Å². The van der Waals surface area contributed by atoms with Crippen LogP contribution in [0.15, 0.2) is 65.5 Å². The van der Waals surface area contributed by atoms with Gasteiger partial charge in [0.2, 0.25) is 12.2 Å². The highest BCUT2D eigenvalue weighted by atomic mass is 31.3. The fourth-order valence-corrected chi connectivity index (χ4v) is 10.4. The second-order valence-corrected chi connectivity index (χ2v) is 20.8. The maximum absolute atomic E-state index is 13.0. The molecule has 33 nitrogen and oxygen atoms in total. The van der Waals surface area contributed by atoms with E-state index < -0.39 is 111 Å². The molecule has 70 heavy (non-hydrogen) atoms. The molecule has 2 aliphatic heterocycles. The summed E-state index contributed by atoms with van der Waals surface area (Å²) in [6, 6.07) is 9.35. The van der Waals surface area contributed by atoms with Crippen molar-refractivity contribution in [1.82, 2.24) is 34.1 Å². The van der Waals surface area contributed by atoms with Gasteiger partial charge in [-0.2, -0.15) is 13.6 Å². The Morgan fingerprint density at radius 1 is 0.814 bits per heavy atom. The molecule has 2 saturated heterocycles. The molecule has 6 heterocycles. The van der Waals surface area contributed by atoms with Gasteiger partial charge in [-0.05, 0) is 11.1 Å². The lowest BCUT2D eigenvalue weighted by molar-refractivity contribution is -0.745. The molecular formula is C33H40N10O23P4. The van der Waals surface area contributed by atoms with Crippen molar-refractivity contribution in [1.29, 1.82) is 0 Å². The predicted molar refractivity (Wildman–Crippen MR) is 226 cm³/mol. The van der Waals surface area contributed by atoms with E-state index in [2.05, 4.69) is 42.6 Å². The molecule has 0 bridgehead atoms. The van der Waals surface area contributed by atoms with E-state index in [1.807, 2.05) is 30.3 Å². The quantitative estimate of drug-likeness (QED) is 0.0362. The zero-order valence-corrected chi connectivity index (χ0v) is 38.6. The number of rotatable bonds is 15. The number of nitrogens with two attached hydrogens (primary N) is 2. The highest BCUT2D eigenvalue weighted by Crippen LogP contribution is 2.58. The maximum atomic E-state index is 13.0. The summed E-state index contributed by atoms with van der Waals surface area (Å²) in [6.07, 6.45) is -6.39. The summed E-state index contributed by atoms with van der Waals surface area (Å²) in [5.41, 5.74) is 12.2. The van der Waals surface area contributed by atoms with E-state index in [0.717, 1.165) is 22.0 Å². The van der Waals surface area contributed by atoms with Gasteiger partial charge in [0.15, 0.2) is 35.0 Å². The minimum Gasteiger partial charge on any atom is -0.856 e. The molecule has 1 aliphatic carbocycles. The summed E-state index contributed by atoms with van der Waals surface area (Å²) in [4.78, 5) is 95.9. The van der Waals surface area contributed by atoms with Crippen molar-refractivity contribution < 1.29 is 110 Å². The van der Waals surface area contributed by atoms with Crippen molar-refractivity contribution in [3.63, 3.8) is 0 Å². The molecule has 2 fully saturated rings. The number of allylic oxidation sites excluding steroid dienone is 4. The molecule has 2 unspecified atom stereocenters. The number of aliphatic hydroxyl groups excluding tert-OH is 4. The number of hydrogen-bond acceptors (Lipinski definition) is 23. The largest absolute Gasteiger partial charge is 0.856 e. The van der Waals surface area contributed by atoms with Gasteiger partial charge < -0.3 is 75.8 Å². The summed E-state index contributed by atoms with van der Waals surface area (Å²) in [5.74, 6) is -1.61. The number of nitrogen functional groups attached to an aromatic ring is 2. The Hall–Kier alpha value is -5.05. The van der Waals surface area contributed by atoms with Gasteiger partial charge in [-0.25, -0.2) is 32.8 Å². The molecule has 4 aromatic heterocycles. The number of carbonyl (C=O) groups excluding carboxylic acids is 1. The number of fused-ring (bicyclic) bond motifs is 2. The van der Waals surface area contributed by atoms with Gasteiger partial charge in [-0.1, -0.05) is 47.5 Å². The molecule has 15 N–H and O–H groups in total. The van der Waals surface area contributed by atoms with Crippen molar-refractivity contribution in [2.45, 2.75) is 62.0 Å². The van der Waals surface area contributed by atoms with Gasteiger partial charge in [0.1, 0.15) is 36.6 Å². The first-order chi connectivity index (χ1) is 32.6. The molecule has 8 rings (SSSR count). The number of nitrogens with zero attached hydrogens (tertiary/aromatic N) is 7. The lowest BCUT2D eigenvalue weighted by Crippen LogP contribution is -2.46. The van der Waals surface area contributed by atoms with Crippen LogP contribution in [0.3, 0.4) is 0 Å². The van der Waals surface area contributed by atoms with Crippen LogP contribution in [0.2, 0.25) is 0 Å². The fourth-order valence-electron chi connectivity index (χ4n) is 7.23. The van der Waals surface area contributed by atoms with Crippen LogP contribution >= 0.6 is 31.3 Å². The number of aromatic amines is 1. The van der Waals surface area contributed by atoms with Crippen LogP contribution in [0.5, 0.6) is 5.88 Å². The van der Waals surface area contributed by atoms with Crippen LogP contribution in [0.25, 0.3) is 27.9 Å². The Morgan fingerprint density at radius 2 is 1.41 bits per heavy atom. The number of carbonyl (C=O) groups is 1. The van der Waals surface area contributed by atoms with E-state index in [0.29, 0.717) is 5.57 Å². The van der Waals surface area contributed by atoms with E-state index >= 15 is 0 Å². The number of aromatic nitrogens is 8. The van der Waals surface area contributed by atoms with Gasteiger partial charge in [-0.3, -0.25) is 32.8 Å². The Labute approximate surface area is 389 Å². The van der Waals surface area contributed by atoms with Gasteiger partial charge in [-0.15, -0.1) is 0 Å². The second-order valence-electron chi connectivity index (χ2n) is 15.1. The monoisotopic (exact) mass is 1070 g/mol. The first-order valence-electron chi connectivity index (χ1n) is 19.6. The zero-order valence-electron chi connectivity index (χ0n) is 35.0. The molecule has 1 aromatic carbocycles. The highest BCUT2D eigenvalue weighted by Gasteiger charge is 2.49. The normalized spacial score (nSPS) is 25.8. The van der Waals surface area contributed by atoms with Crippen molar-refractivity contribution in [3.8, 4) is 5.88 Å². The van der Waals surface area contributed by atoms with Crippen LogP contribution < -0.4 is 26.7 Å². The van der Waals surface area contributed by atoms with E-state index in [1.54, 1.807) is 12.2 Å². The smallest absolute Gasteiger partial charge is 0.481 e. The van der Waals surface area contributed by atoms with Gasteiger partial charge in [0, 0.05) is 17.9 Å². The van der Waals surface area contributed by atoms with Crippen molar-refractivity contribution in [2.75, 3.05) is 24.7 Å². The third-order valence-corrected chi connectivity index (χ3v) is 14.5. The van der Waals surface area contributed by atoms with Crippen molar-refractivity contribution in [3.05, 3.63) is 76.6 Å². The molecule has 0 spiro atoms. The number of ketones is 1. The van der Waals surface area contributed by atoms with Crippen LogP contribution in [0, 0.1) is 0 Å². The summed E-state index contributed by atoms with van der Waals surface area (Å²) in [6.45, 7) is -1.89. The summed E-state index contributed by atoms with van der Waals surface area (Å²) < 4.78 is 75.6. The second kappa shape index (κ2) is 20.2. The Balaban J connectivity index is 0.000000224. The maximum Gasteiger partial charge on any atom is 0.481 e. The lowest BCUT2D eigenvalue weighted by atomic mass is 9.92. The number of Topliss-reactive ketones (excluding diaryl/α,β-unsaturated/α-hetero) is 1. The number of phosphoric acid groups is 4. The van der Waals surface area contributed by atoms with Crippen LogP contribution in [0.1, 0.15) is 24.4 Å². The topological polar surface area (TPSA) is 516 Å². The predicted octanol–water partition coefficient (Wildman–Crippen LogP) is -3.25. The number of imidazole rings is 2. The number of phosphoric ester groups is 2. The first-order valence-corrected chi connectivity index (χ1v) is 25.6. The van der Waals surface area contributed by atoms with E-state index in [-0.39, 0.29) is 47.0 Å². The molecule has 380 valence electrons. The van der Waals surface area contributed by atoms with Crippen LogP contribution in [-0.4, -0.2) is 139 Å². The first kappa shape index (κ1) is 52.8. The average Bonchev–Trinajstić information content (AvgIpc) is 3.98. The molecule has 0 amide bonds. The average molecular weight is 1070 g/mol. The van der Waals surface area contributed by atoms with E-state index in [1.165, 1.54) is 15.5 Å². The number of ether oxygens (including phenoxy) is 2. The fraction of sp³-hybridized carbons (Fsp3) is 0.364. The molecule has 3 aliphatic rings. The lowest BCUT2D eigenvalue weighted by Gasteiger charge is -2.17. The molecular weight excluding hydrogens is 1030 g/mol. The number of anilines is 2. The Kier molecular flexibility index (Phi) is 15.2. The summed E-state index contributed by atoms with van der Waals surface area (Å²) >= 11 is 0. The minimum absolute atomic E-state index is 0.0586. The Morgan fingerprint density at radius 3 is 2.01 bits per heavy atom. The third kappa shape index (κ3) is 12.2. The standard InChI is InChI=1S/C23H25N5O12P2.C10H15N5O11P2/c24-23-25-20-17(21(32)26-23)27(9-14-7-6-13(8-15(14)29)12-4-2-1-3-5-12)11-28(20)22-19(31)18(30)16(39-22)10-38-42(36,37)40-41(33,34)35;11-10-13-7-4(8(18)14-10)12-2-15(7)9-6(17)5(16)3(25-9)1-24-28(22,23)26-27(19,20)21/h1-7,11,16,18-19,22,30-31H,8-10H2,(H5-,24,25,26,32,33,34,35,36,37);2-3,5-6,9,16-17H,1H2,(H,22,23)(H2,19,20,21)(H3,11,13,14,18)/t16-,18-,19-,22-;3-,5-,6-,9-/m11/s1. The van der Waals surface area contributed by atoms with Gasteiger partial charge in [0.05, 0.1) is 26.1 Å². The number of H-pyrrole nitrogens is 1. The highest BCUT2D eigenvalue weighted by molar-refractivity contribution is 7.61. The number of aliphatic hydroxyl groups is 4. The molecule has 10 atom stereocenters. The van der Waals surface area contributed by atoms with Crippen molar-refractivity contribution in [2.24, 2.45) is 0 Å². The molecule has 0 saturated carbocycles. The van der Waals surface area contributed by atoms with Crippen LogP contribution in [-0.2, 0) is 56.7 Å². The van der Waals surface area contributed by atoms with Gasteiger partial charge in [0.25, 0.3) is 11.5 Å². The minimum atomic E-state index is -5.39. The van der Waals surface area contributed by atoms with E-state index in [4.69, 9.17) is 40.5 Å². The summed E-state index contributed by atoms with van der Waals surface area (Å²) in [5, 5.41) is 54.4.